The first-order chi connectivity index (χ1) is 27.3. The summed E-state index contributed by atoms with van der Waals surface area (Å²) in [5.41, 5.74) is 12.7. The molecule has 2 heterocycles. The van der Waals surface area contributed by atoms with Crippen LogP contribution in [0.15, 0.2) is 212 Å². The number of hydrogen-bond donors (Lipinski definition) is 0. The molecule has 0 N–H and O–H groups in total. The molecule has 0 radical (unpaired) electrons. The average molecular weight is 702 g/mol. The van der Waals surface area contributed by atoms with Gasteiger partial charge in [0.2, 0.25) is 0 Å². The van der Waals surface area contributed by atoms with Gasteiger partial charge in [0.1, 0.15) is 0 Å². The van der Waals surface area contributed by atoms with Crippen LogP contribution in [0.2, 0.25) is 0 Å². The smallest absolute Gasteiger partial charge is 0.0561 e. The van der Waals surface area contributed by atoms with Crippen LogP contribution in [0.3, 0.4) is 0 Å². The molecule has 0 unspecified atom stereocenters. The number of fused-ring (bicyclic) bond motifs is 7. The Morgan fingerprint density at radius 3 is 1.51 bits per heavy atom. The highest BCUT2D eigenvalue weighted by molar-refractivity contribution is 6.14. The minimum Gasteiger partial charge on any atom is -0.310 e. The maximum atomic E-state index is 2.41. The molecule has 258 valence electrons. The van der Waals surface area contributed by atoms with Crippen LogP contribution in [0.5, 0.6) is 0 Å². The van der Waals surface area contributed by atoms with Gasteiger partial charge in [-0.1, -0.05) is 127 Å². The van der Waals surface area contributed by atoms with Gasteiger partial charge in [0.05, 0.1) is 22.1 Å². The zero-order chi connectivity index (χ0) is 36.3. The van der Waals surface area contributed by atoms with Crippen molar-refractivity contribution in [2.75, 3.05) is 4.90 Å². The van der Waals surface area contributed by atoms with Crippen molar-refractivity contribution in [3.05, 3.63) is 212 Å². The molecule has 9 aromatic carbocycles. The van der Waals surface area contributed by atoms with Gasteiger partial charge in [0.15, 0.2) is 0 Å². The van der Waals surface area contributed by atoms with E-state index in [4.69, 9.17) is 0 Å². The summed E-state index contributed by atoms with van der Waals surface area (Å²) in [4.78, 5) is 2.39. The van der Waals surface area contributed by atoms with Crippen molar-refractivity contribution < 1.29 is 0 Å². The van der Waals surface area contributed by atoms with Crippen molar-refractivity contribution in [1.29, 1.82) is 0 Å². The third-order valence-corrected chi connectivity index (χ3v) is 11.0. The number of rotatable bonds is 6. The lowest BCUT2D eigenvalue weighted by Crippen LogP contribution is -2.10. The van der Waals surface area contributed by atoms with Crippen molar-refractivity contribution in [2.24, 2.45) is 0 Å². The Labute approximate surface area is 319 Å². The lowest BCUT2D eigenvalue weighted by molar-refractivity contribution is 1.17. The SMILES string of the molecule is c1ccc(-c2cccc(N(c3ccc(-n4c5ccccc5c5cc6ccccc6cc54)cc3)c3ccc4c5ccccc5n(-c5ccccc5)c4c3)c2)cc1. The predicted molar refractivity (Wildman–Crippen MR) is 233 cm³/mol. The predicted octanol–water partition coefficient (Wildman–Crippen LogP) is 14.2. The molecule has 0 aliphatic rings. The second-order valence-corrected chi connectivity index (χ2v) is 14.2. The van der Waals surface area contributed by atoms with Crippen LogP contribution in [0.1, 0.15) is 0 Å². The van der Waals surface area contributed by atoms with Crippen LogP contribution >= 0.6 is 0 Å². The van der Waals surface area contributed by atoms with E-state index in [-0.39, 0.29) is 0 Å². The van der Waals surface area contributed by atoms with E-state index >= 15 is 0 Å². The largest absolute Gasteiger partial charge is 0.310 e. The van der Waals surface area contributed by atoms with Crippen LogP contribution in [0.25, 0.3) is 76.9 Å². The highest BCUT2D eigenvalue weighted by Crippen LogP contribution is 2.42. The molecule has 3 nitrogen and oxygen atoms in total. The molecule has 0 saturated heterocycles. The fraction of sp³-hybridized carbons (Fsp3) is 0. The van der Waals surface area contributed by atoms with E-state index in [9.17, 15) is 0 Å². The molecule has 0 bridgehead atoms. The molecule has 0 saturated carbocycles. The van der Waals surface area contributed by atoms with Gasteiger partial charge in [-0.2, -0.15) is 0 Å². The Balaban J connectivity index is 1.11. The van der Waals surface area contributed by atoms with Gasteiger partial charge in [-0.05, 0) is 107 Å². The molecule has 3 heteroatoms. The van der Waals surface area contributed by atoms with E-state index < -0.39 is 0 Å². The van der Waals surface area contributed by atoms with E-state index in [1.165, 1.54) is 65.5 Å². The average Bonchev–Trinajstić information content (AvgIpc) is 3.76. The Bertz CT molecular complexity index is 3190. The molecule has 0 aliphatic carbocycles. The number of para-hydroxylation sites is 3. The fourth-order valence-corrected chi connectivity index (χ4v) is 8.54. The molecule has 0 atom stereocenters. The quantitative estimate of drug-likeness (QED) is 0.168. The first-order valence-corrected chi connectivity index (χ1v) is 18.9. The van der Waals surface area contributed by atoms with Crippen LogP contribution in [0.4, 0.5) is 17.1 Å². The van der Waals surface area contributed by atoms with Crippen molar-refractivity contribution in [3.8, 4) is 22.5 Å². The second kappa shape index (κ2) is 12.6. The van der Waals surface area contributed by atoms with Gasteiger partial charge in [-0.25, -0.2) is 0 Å². The van der Waals surface area contributed by atoms with Crippen molar-refractivity contribution >= 4 is 71.4 Å². The van der Waals surface area contributed by atoms with Crippen LogP contribution in [-0.2, 0) is 0 Å². The van der Waals surface area contributed by atoms with E-state index in [0.29, 0.717) is 0 Å². The van der Waals surface area contributed by atoms with Crippen molar-refractivity contribution in [3.63, 3.8) is 0 Å². The van der Waals surface area contributed by atoms with Crippen LogP contribution in [0, 0.1) is 0 Å². The van der Waals surface area contributed by atoms with E-state index in [1.807, 2.05) is 0 Å². The summed E-state index contributed by atoms with van der Waals surface area (Å²) in [5.74, 6) is 0. The summed E-state index contributed by atoms with van der Waals surface area (Å²) in [7, 11) is 0. The summed E-state index contributed by atoms with van der Waals surface area (Å²) in [6.45, 7) is 0. The van der Waals surface area contributed by atoms with Crippen LogP contribution < -0.4 is 4.90 Å². The minimum absolute atomic E-state index is 1.09. The Hall–Kier alpha value is -7.36. The molecule has 0 fully saturated rings. The fourth-order valence-electron chi connectivity index (χ4n) is 8.54. The normalized spacial score (nSPS) is 11.6. The van der Waals surface area contributed by atoms with Crippen molar-refractivity contribution in [2.45, 2.75) is 0 Å². The van der Waals surface area contributed by atoms with Gasteiger partial charge in [-0.3, -0.25) is 0 Å². The van der Waals surface area contributed by atoms with E-state index in [0.717, 1.165) is 28.4 Å². The molecule has 11 rings (SSSR count). The number of aromatic nitrogens is 2. The molecular weight excluding hydrogens is 667 g/mol. The zero-order valence-electron chi connectivity index (χ0n) is 30.0. The Morgan fingerprint density at radius 1 is 0.273 bits per heavy atom. The van der Waals surface area contributed by atoms with Gasteiger partial charge < -0.3 is 14.0 Å². The third-order valence-electron chi connectivity index (χ3n) is 11.0. The first-order valence-electron chi connectivity index (χ1n) is 18.9. The topological polar surface area (TPSA) is 13.1 Å². The minimum atomic E-state index is 1.09. The summed E-state index contributed by atoms with van der Waals surface area (Å²) >= 11 is 0. The highest BCUT2D eigenvalue weighted by atomic mass is 15.1. The van der Waals surface area contributed by atoms with E-state index in [2.05, 4.69) is 226 Å². The number of anilines is 3. The number of benzene rings is 9. The second-order valence-electron chi connectivity index (χ2n) is 14.2. The maximum absolute atomic E-state index is 2.41. The number of nitrogens with zero attached hydrogens (tertiary/aromatic N) is 3. The van der Waals surface area contributed by atoms with E-state index in [1.54, 1.807) is 0 Å². The molecule has 55 heavy (non-hydrogen) atoms. The van der Waals surface area contributed by atoms with Crippen molar-refractivity contribution in [1.82, 2.24) is 9.13 Å². The summed E-state index contributed by atoms with van der Waals surface area (Å²) in [6, 6.07) is 77.0. The molecule has 0 aliphatic heterocycles. The molecule has 2 aromatic heterocycles. The summed E-state index contributed by atoms with van der Waals surface area (Å²) in [6.07, 6.45) is 0. The Kier molecular flexibility index (Phi) is 7.17. The van der Waals surface area contributed by atoms with Gasteiger partial charge >= 0.3 is 0 Å². The maximum Gasteiger partial charge on any atom is 0.0561 e. The Morgan fingerprint density at radius 2 is 0.782 bits per heavy atom. The van der Waals surface area contributed by atoms with Gasteiger partial charge in [0.25, 0.3) is 0 Å². The highest BCUT2D eigenvalue weighted by Gasteiger charge is 2.19. The molecule has 11 aromatic rings. The lowest BCUT2D eigenvalue weighted by atomic mass is 10.0. The molecule has 0 amide bonds. The van der Waals surface area contributed by atoms with Gasteiger partial charge in [0, 0.05) is 50.0 Å². The first kappa shape index (κ1) is 31.2. The van der Waals surface area contributed by atoms with Gasteiger partial charge in [-0.15, -0.1) is 0 Å². The third kappa shape index (κ3) is 5.13. The summed E-state index contributed by atoms with van der Waals surface area (Å²) < 4.78 is 4.80. The monoisotopic (exact) mass is 701 g/mol. The molecule has 0 spiro atoms. The lowest BCUT2D eigenvalue weighted by Gasteiger charge is -2.26. The number of hydrogen-bond acceptors (Lipinski definition) is 1. The molecular formula is C52H35N3. The standard InChI is InChI=1S/C52H35N3/c1-3-14-36(15-4-1)37-18-13-21-43(32-37)53(44-30-31-47-45-22-9-11-24-49(45)54(52(47)35-44)40-19-5-2-6-20-40)41-26-28-42(29-27-41)55-50-25-12-10-23-46(50)48-33-38-16-7-8-17-39(38)34-51(48)55/h1-35H. The van der Waals surface area contributed by atoms with Crippen LogP contribution in [-0.4, -0.2) is 9.13 Å². The zero-order valence-corrected chi connectivity index (χ0v) is 30.0. The summed E-state index contributed by atoms with van der Waals surface area (Å²) in [5, 5.41) is 7.49.